The fraction of sp³-hybridized carbons (Fsp3) is 0.500. The normalized spacial score (nSPS) is 32.7. The van der Waals surface area contributed by atoms with Crippen LogP contribution in [0.4, 0.5) is 0 Å². The van der Waals surface area contributed by atoms with Crippen LogP contribution in [0.25, 0.3) is 0 Å². The van der Waals surface area contributed by atoms with Gasteiger partial charge in [0.25, 0.3) is 0 Å². The topological polar surface area (TPSA) is 57.2 Å². The summed E-state index contributed by atoms with van der Waals surface area (Å²) >= 11 is 0. The first-order valence-electron chi connectivity index (χ1n) is 3.69. The van der Waals surface area contributed by atoms with Crippen molar-refractivity contribution in [1.29, 1.82) is 0 Å². The molecule has 2 atom stereocenters. The first-order chi connectivity index (χ1) is 5.38. The van der Waals surface area contributed by atoms with E-state index >= 15 is 0 Å². The van der Waals surface area contributed by atoms with Crippen LogP contribution in [0.2, 0.25) is 0 Å². The minimum absolute atomic E-state index is 0. The van der Waals surface area contributed by atoms with Crippen molar-refractivity contribution in [3.05, 3.63) is 24.3 Å². The van der Waals surface area contributed by atoms with Gasteiger partial charge in [0.05, 0.1) is 4.75 Å². The summed E-state index contributed by atoms with van der Waals surface area (Å²) in [5.41, 5.74) is 0. The van der Waals surface area contributed by atoms with E-state index in [1.54, 1.807) is 25.2 Å². The Bertz CT molecular complexity index is 331. The summed E-state index contributed by atoms with van der Waals surface area (Å²) < 4.78 is 31.4. The van der Waals surface area contributed by atoms with Crippen molar-refractivity contribution in [1.82, 2.24) is 0 Å². The molecule has 0 amide bonds. The third-order valence-corrected chi connectivity index (χ3v) is 3.97. The van der Waals surface area contributed by atoms with Crippen molar-refractivity contribution in [2.45, 2.75) is 18.6 Å². The van der Waals surface area contributed by atoms with Gasteiger partial charge in [-0.3, -0.25) is 0 Å². The molecule has 1 rings (SSSR count). The van der Waals surface area contributed by atoms with E-state index in [1.807, 2.05) is 0 Å². The zero-order chi connectivity index (χ0) is 9.41. The molecule has 2 unspecified atom stereocenters. The Morgan fingerprint density at radius 2 is 1.92 bits per heavy atom. The minimum Gasteiger partial charge on any atom is -0.747 e. The second-order valence-corrected chi connectivity index (χ2v) is 4.96. The number of hydrogen-bond acceptors (Lipinski definition) is 3. The molecule has 68 valence electrons. The van der Waals surface area contributed by atoms with Crippen LogP contribution in [0.1, 0.15) is 13.8 Å². The Morgan fingerprint density at radius 1 is 1.38 bits per heavy atom. The molecule has 5 heteroatoms. The maximum atomic E-state index is 10.9. The molecular formula is C8H11NaO3S. The van der Waals surface area contributed by atoms with Crippen LogP contribution in [0.15, 0.2) is 24.3 Å². The van der Waals surface area contributed by atoms with Gasteiger partial charge in [0, 0.05) is 0 Å². The Hall–Kier alpha value is 0.390. The number of allylic oxidation sites excluding steroid dienone is 3. The Labute approximate surface area is 101 Å². The maximum Gasteiger partial charge on any atom is 1.00 e. The van der Waals surface area contributed by atoms with E-state index in [-0.39, 0.29) is 35.5 Å². The van der Waals surface area contributed by atoms with Crippen molar-refractivity contribution in [2.24, 2.45) is 5.92 Å². The summed E-state index contributed by atoms with van der Waals surface area (Å²) in [5.74, 6) is -0.259. The van der Waals surface area contributed by atoms with Crippen LogP contribution in [-0.4, -0.2) is 17.7 Å². The maximum absolute atomic E-state index is 10.9. The van der Waals surface area contributed by atoms with E-state index in [4.69, 9.17) is 0 Å². The molecule has 0 radical (unpaired) electrons. The molecule has 0 aromatic heterocycles. The molecule has 0 spiro atoms. The zero-order valence-corrected chi connectivity index (χ0v) is 10.8. The van der Waals surface area contributed by atoms with E-state index in [2.05, 4.69) is 0 Å². The molecule has 0 aromatic carbocycles. The van der Waals surface area contributed by atoms with Crippen LogP contribution >= 0.6 is 0 Å². The summed E-state index contributed by atoms with van der Waals surface area (Å²) in [6.07, 6.45) is 6.50. The quantitative estimate of drug-likeness (QED) is 0.373. The Balaban J connectivity index is 0.00000144. The minimum atomic E-state index is -4.26. The summed E-state index contributed by atoms with van der Waals surface area (Å²) in [5, 5.41) is 0. The van der Waals surface area contributed by atoms with Gasteiger partial charge in [-0.1, -0.05) is 31.2 Å². The fourth-order valence-electron chi connectivity index (χ4n) is 1.13. The molecule has 0 saturated carbocycles. The second kappa shape index (κ2) is 4.28. The molecule has 0 saturated heterocycles. The van der Waals surface area contributed by atoms with Gasteiger partial charge in [-0.05, 0) is 12.8 Å². The van der Waals surface area contributed by atoms with Gasteiger partial charge in [-0.2, -0.15) is 0 Å². The second-order valence-electron chi connectivity index (χ2n) is 3.17. The van der Waals surface area contributed by atoms with Crippen LogP contribution < -0.4 is 29.6 Å². The monoisotopic (exact) mass is 210 g/mol. The van der Waals surface area contributed by atoms with E-state index < -0.39 is 14.9 Å². The van der Waals surface area contributed by atoms with E-state index in [1.165, 1.54) is 13.0 Å². The standard InChI is InChI=1S/C8H12O3S.Na/c1-7-5-3-4-6-8(7,2)12(9,10)11;/h3-7H,1-2H3,(H,9,10,11);/q;+1/p-1. The summed E-state index contributed by atoms with van der Waals surface area (Å²) in [6.45, 7) is 3.16. The van der Waals surface area contributed by atoms with E-state index in [0.29, 0.717) is 0 Å². The molecule has 0 aliphatic heterocycles. The number of rotatable bonds is 1. The van der Waals surface area contributed by atoms with Gasteiger partial charge in [0.15, 0.2) is 0 Å². The molecule has 0 N–H and O–H groups in total. The molecule has 0 bridgehead atoms. The molecule has 1 aliphatic carbocycles. The predicted molar refractivity (Wildman–Crippen MR) is 45.5 cm³/mol. The molecule has 0 fully saturated rings. The van der Waals surface area contributed by atoms with Gasteiger partial charge >= 0.3 is 29.6 Å². The zero-order valence-electron chi connectivity index (χ0n) is 8.02. The SMILES string of the molecule is CC1C=CC=CC1(C)S(=O)(=O)[O-].[Na+]. The van der Waals surface area contributed by atoms with Gasteiger partial charge < -0.3 is 4.55 Å². The number of hydrogen-bond donors (Lipinski definition) is 0. The Morgan fingerprint density at radius 3 is 2.23 bits per heavy atom. The van der Waals surface area contributed by atoms with Crippen molar-refractivity contribution < 1.29 is 42.5 Å². The van der Waals surface area contributed by atoms with Crippen LogP contribution in [0.5, 0.6) is 0 Å². The molecule has 3 nitrogen and oxygen atoms in total. The first kappa shape index (κ1) is 13.4. The summed E-state index contributed by atoms with van der Waals surface area (Å²) in [4.78, 5) is 0. The van der Waals surface area contributed by atoms with Crippen molar-refractivity contribution in [3.8, 4) is 0 Å². The van der Waals surface area contributed by atoms with Crippen molar-refractivity contribution >= 4 is 10.1 Å². The molecule has 0 aromatic rings. The van der Waals surface area contributed by atoms with Gasteiger partial charge in [-0.15, -0.1) is 0 Å². The van der Waals surface area contributed by atoms with Gasteiger partial charge in [0.1, 0.15) is 10.1 Å². The molecule has 13 heavy (non-hydrogen) atoms. The van der Waals surface area contributed by atoms with E-state index in [0.717, 1.165) is 0 Å². The third-order valence-electron chi connectivity index (χ3n) is 2.38. The molecule has 0 heterocycles. The van der Waals surface area contributed by atoms with Gasteiger partial charge in [0.2, 0.25) is 0 Å². The average molecular weight is 210 g/mol. The summed E-state index contributed by atoms with van der Waals surface area (Å²) in [7, 11) is -4.26. The van der Waals surface area contributed by atoms with Crippen LogP contribution in [0.3, 0.4) is 0 Å². The van der Waals surface area contributed by atoms with E-state index in [9.17, 15) is 13.0 Å². The largest absolute Gasteiger partial charge is 1.00 e. The predicted octanol–water partition coefficient (Wildman–Crippen LogP) is -1.94. The average Bonchev–Trinajstić information content (AvgIpc) is 1.93. The van der Waals surface area contributed by atoms with Crippen molar-refractivity contribution in [3.63, 3.8) is 0 Å². The third kappa shape index (κ3) is 2.44. The molecular weight excluding hydrogens is 199 g/mol. The molecule has 1 aliphatic rings. The van der Waals surface area contributed by atoms with Crippen molar-refractivity contribution in [2.75, 3.05) is 0 Å². The summed E-state index contributed by atoms with van der Waals surface area (Å²) in [6, 6.07) is 0. The first-order valence-corrected chi connectivity index (χ1v) is 5.10. The van der Waals surface area contributed by atoms with Crippen LogP contribution in [-0.2, 0) is 10.1 Å². The Kier molecular flexibility index (Phi) is 4.40. The van der Waals surface area contributed by atoms with Crippen LogP contribution in [0, 0.1) is 5.92 Å². The fourth-order valence-corrected chi connectivity index (χ4v) is 1.91. The van der Waals surface area contributed by atoms with Gasteiger partial charge in [-0.25, -0.2) is 8.42 Å². The smallest absolute Gasteiger partial charge is 0.747 e.